The minimum Gasteiger partial charge on any atom is -0.396 e. The molecule has 0 aliphatic heterocycles. The van der Waals surface area contributed by atoms with E-state index in [1.165, 1.54) is 25.7 Å². The molecular weight excluding hydrogens is 182 g/mol. The Labute approximate surface area is 85.5 Å². The summed E-state index contributed by atoms with van der Waals surface area (Å²) in [5, 5.41) is 12.1. The van der Waals surface area contributed by atoms with Gasteiger partial charge in [-0.15, -0.1) is 0 Å². The van der Waals surface area contributed by atoms with Crippen molar-refractivity contribution in [2.75, 3.05) is 26.0 Å². The summed E-state index contributed by atoms with van der Waals surface area (Å²) in [7, 11) is 0. The molecule has 1 saturated carbocycles. The Balaban J connectivity index is 2.16. The van der Waals surface area contributed by atoms with Crippen LogP contribution in [0.25, 0.3) is 0 Å². The van der Waals surface area contributed by atoms with Gasteiger partial charge >= 0.3 is 0 Å². The van der Waals surface area contributed by atoms with E-state index < -0.39 is 0 Å². The Kier molecular flexibility index (Phi) is 5.14. The van der Waals surface area contributed by atoms with Crippen molar-refractivity contribution < 1.29 is 5.11 Å². The molecule has 0 aromatic rings. The highest BCUT2D eigenvalue weighted by atomic mass is 32.2. The number of aliphatic hydroxyl groups is 1. The summed E-state index contributed by atoms with van der Waals surface area (Å²) in [5.41, 5.74) is 0. The number of hydrogen-bond donors (Lipinski definition) is 2. The van der Waals surface area contributed by atoms with E-state index in [1.807, 2.05) is 11.8 Å². The Morgan fingerprint density at radius 1 is 1.38 bits per heavy atom. The maximum absolute atomic E-state index is 8.63. The molecule has 2 nitrogen and oxygen atoms in total. The van der Waals surface area contributed by atoms with Gasteiger partial charge in [0.1, 0.15) is 0 Å². The Morgan fingerprint density at radius 3 is 2.62 bits per heavy atom. The molecule has 0 unspecified atom stereocenters. The summed E-state index contributed by atoms with van der Waals surface area (Å²) < 4.78 is 0.509. The molecule has 0 radical (unpaired) electrons. The lowest BCUT2D eigenvalue weighted by molar-refractivity contribution is 0.285. The van der Waals surface area contributed by atoms with Crippen LogP contribution in [0.4, 0.5) is 0 Å². The summed E-state index contributed by atoms with van der Waals surface area (Å²) in [6, 6.07) is 0. The first kappa shape index (κ1) is 11.3. The third kappa shape index (κ3) is 3.49. The molecule has 0 aromatic heterocycles. The zero-order valence-electron chi connectivity index (χ0n) is 8.51. The van der Waals surface area contributed by atoms with E-state index in [0.717, 1.165) is 19.5 Å². The topological polar surface area (TPSA) is 32.3 Å². The van der Waals surface area contributed by atoms with Crippen LogP contribution in [0.2, 0.25) is 0 Å². The molecule has 1 rings (SSSR count). The van der Waals surface area contributed by atoms with Gasteiger partial charge in [-0.1, -0.05) is 12.8 Å². The number of hydrogen-bond acceptors (Lipinski definition) is 3. The van der Waals surface area contributed by atoms with Crippen LogP contribution in [0.1, 0.15) is 32.1 Å². The molecule has 0 heterocycles. The highest BCUT2D eigenvalue weighted by Gasteiger charge is 2.32. The van der Waals surface area contributed by atoms with Crippen molar-refractivity contribution in [2.24, 2.45) is 0 Å². The van der Waals surface area contributed by atoms with E-state index in [1.54, 1.807) is 0 Å². The van der Waals surface area contributed by atoms with Crippen molar-refractivity contribution in [1.82, 2.24) is 5.32 Å². The largest absolute Gasteiger partial charge is 0.396 e. The van der Waals surface area contributed by atoms with Crippen molar-refractivity contribution in [3.8, 4) is 0 Å². The smallest absolute Gasteiger partial charge is 0.0443 e. The Hall–Kier alpha value is 0.270. The van der Waals surface area contributed by atoms with Crippen LogP contribution in [0.15, 0.2) is 0 Å². The van der Waals surface area contributed by atoms with Gasteiger partial charge in [-0.3, -0.25) is 0 Å². The lowest BCUT2D eigenvalue weighted by atomic mass is 10.1. The zero-order valence-corrected chi connectivity index (χ0v) is 9.33. The maximum Gasteiger partial charge on any atom is 0.0443 e. The first-order chi connectivity index (χ1) is 6.33. The minimum atomic E-state index is 0.305. The Morgan fingerprint density at radius 2 is 2.08 bits per heavy atom. The van der Waals surface area contributed by atoms with E-state index >= 15 is 0 Å². The molecule has 1 fully saturated rings. The van der Waals surface area contributed by atoms with E-state index in [9.17, 15) is 0 Å². The quantitative estimate of drug-likeness (QED) is 0.644. The number of thioether (sulfide) groups is 1. The molecule has 3 heteroatoms. The van der Waals surface area contributed by atoms with E-state index in [2.05, 4.69) is 11.6 Å². The SMILES string of the molecule is CSC1(CNCCCO)CCCC1. The predicted molar refractivity (Wildman–Crippen MR) is 59.3 cm³/mol. The van der Waals surface area contributed by atoms with Gasteiger partial charge in [-0.05, 0) is 32.1 Å². The van der Waals surface area contributed by atoms with Crippen molar-refractivity contribution in [3.05, 3.63) is 0 Å². The second-order valence-electron chi connectivity index (χ2n) is 3.85. The minimum absolute atomic E-state index is 0.305. The molecule has 78 valence electrons. The molecule has 0 atom stereocenters. The molecule has 0 aromatic carbocycles. The summed E-state index contributed by atoms with van der Waals surface area (Å²) in [6.07, 6.45) is 8.61. The lowest BCUT2D eigenvalue weighted by Gasteiger charge is -2.26. The number of nitrogens with one attached hydrogen (secondary N) is 1. The number of aliphatic hydroxyl groups excluding tert-OH is 1. The van der Waals surface area contributed by atoms with Gasteiger partial charge in [0.25, 0.3) is 0 Å². The normalized spacial score (nSPS) is 20.8. The summed E-state index contributed by atoms with van der Waals surface area (Å²) in [4.78, 5) is 0. The fourth-order valence-electron chi connectivity index (χ4n) is 1.99. The van der Waals surface area contributed by atoms with Gasteiger partial charge < -0.3 is 10.4 Å². The molecule has 13 heavy (non-hydrogen) atoms. The number of rotatable bonds is 6. The molecule has 0 amide bonds. The van der Waals surface area contributed by atoms with Crippen molar-refractivity contribution in [1.29, 1.82) is 0 Å². The van der Waals surface area contributed by atoms with Crippen LogP contribution in [-0.4, -0.2) is 35.8 Å². The monoisotopic (exact) mass is 203 g/mol. The van der Waals surface area contributed by atoms with Crippen molar-refractivity contribution >= 4 is 11.8 Å². The standard InChI is InChI=1S/C10H21NOS/c1-13-10(5-2-3-6-10)9-11-7-4-8-12/h11-12H,2-9H2,1H3. The van der Waals surface area contributed by atoms with Gasteiger partial charge in [0, 0.05) is 17.9 Å². The van der Waals surface area contributed by atoms with Gasteiger partial charge in [0.05, 0.1) is 0 Å². The predicted octanol–water partition coefficient (Wildman–Crippen LogP) is 1.63. The van der Waals surface area contributed by atoms with Crippen LogP contribution in [-0.2, 0) is 0 Å². The average molecular weight is 203 g/mol. The average Bonchev–Trinajstić information content (AvgIpc) is 2.62. The van der Waals surface area contributed by atoms with Crippen LogP contribution in [0.3, 0.4) is 0 Å². The molecule has 1 aliphatic rings. The van der Waals surface area contributed by atoms with Gasteiger partial charge in [-0.25, -0.2) is 0 Å². The maximum atomic E-state index is 8.63. The summed E-state index contributed by atoms with van der Waals surface area (Å²) >= 11 is 2.01. The van der Waals surface area contributed by atoms with E-state index in [4.69, 9.17) is 5.11 Å². The fraction of sp³-hybridized carbons (Fsp3) is 1.00. The second-order valence-corrected chi connectivity index (χ2v) is 5.12. The molecule has 0 bridgehead atoms. The highest BCUT2D eigenvalue weighted by molar-refractivity contribution is 8.00. The molecular formula is C10H21NOS. The van der Waals surface area contributed by atoms with Crippen molar-refractivity contribution in [2.45, 2.75) is 36.9 Å². The zero-order chi connectivity index (χ0) is 9.57. The first-order valence-corrected chi connectivity index (χ1v) is 6.42. The van der Waals surface area contributed by atoms with Crippen molar-refractivity contribution in [3.63, 3.8) is 0 Å². The van der Waals surface area contributed by atoms with Crippen LogP contribution in [0, 0.1) is 0 Å². The first-order valence-electron chi connectivity index (χ1n) is 5.20. The van der Waals surface area contributed by atoms with Crippen LogP contribution >= 0.6 is 11.8 Å². The lowest BCUT2D eigenvalue weighted by Crippen LogP contribution is -2.35. The molecule has 1 aliphatic carbocycles. The molecule has 0 saturated heterocycles. The van der Waals surface area contributed by atoms with E-state index in [-0.39, 0.29) is 0 Å². The van der Waals surface area contributed by atoms with Crippen LogP contribution in [0.5, 0.6) is 0 Å². The molecule has 0 spiro atoms. The van der Waals surface area contributed by atoms with Gasteiger partial charge in [0.15, 0.2) is 0 Å². The molecule has 2 N–H and O–H groups in total. The summed E-state index contributed by atoms with van der Waals surface area (Å²) in [6.45, 7) is 2.38. The summed E-state index contributed by atoms with van der Waals surface area (Å²) in [5.74, 6) is 0. The third-order valence-electron chi connectivity index (χ3n) is 2.91. The van der Waals surface area contributed by atoms with Gasteiger partial charge in [-0.2, -0.15) is 11.8 Å². The van der Waals surface area contributed by atoms with E-state index in [0.29, 0.717) is 11.4 Å². The fourth-order valence-corrected chi connectivity index (χ4v) is 2.94. The second kappa shape index (κ2) is 5.89. The Bertz CT molecular complexity index is 135. The third-order valence-corrected chi connectivity index (χ3v) is 4.33. The highest BCUT2D eigenvalue weighted by Crippen LogP contribution is 2.39. The van der Waals surface area contributed by atoms with Crippen LogP contribution < -0.4 is 5.32 Å². The van der Waals surface area contributed by atoms with Gasteiger partial charge in [0.2, 0.25) is 0 Å².